The van der Waals surface area contributed by atoms with E-state index in [9.17, 15) is 24.0 Å². The minimum Gasteiger partial charge on any atom is -0.467 e. The van der Waals surface area contributed by atoms with Gasteiger partial charge in [0.2, 0.25) is 23.6 Å². The van der Waals surface area contributed by atoms with Gasteiger partial charge in [-0.2, -0.15) is 0 Å². The molecule has 0 radical (unpaired) electrons. The Hall–Kier alpha value is -4.12. The molecule has 0 bridgehead atoms. The van der Waals surface area contributed by atoms with E-state index in [2.05, 4.69) is 16.7 Å². The number of nitrogens with one attached hydrogen (secondary N) is 2. The van der Waals surface area contributed by atoms with Crippen molar-refractivity contribution in [1.82, 2.24) is 20.4 Å². The van der Waals surface area contributed by atoms with Gasteiger partial charge in [-0.25, -0.2) is 4.79 Å². The van der Waals surface area contributed by atoms with Gasteiger partial charge in [-0.1, -0.05) is 72.8 Å². The van der Waals surface area contributed by atoms with E-state index in [1.807, 2.05) is 71.6 Å². The first-order chi connectivity index (χ1) is 25.3. The second kappa shape index (κ2) is 18.1. The second-order valence-electron chi connectivity index (χ2n) is 14.6. The summed E-state index contributed by atoms with van der Waals surface area (Å²) in [6.45, 7) is 0.702. The summed E-state index contributed by atoms with van der Waals surface area (Å²) in [6, 6.07) is 17.7. The van der Waals surface area contributed by atoms with Crippen molar-refractivity contribution in [2.24, 2.45) is 11.8 Å². The van der Waals surface area contributed by atoms with Crippen molar-refractivity contribution < 1.29 is 28.7 Å². The topological polar surface area (TPSA) is 125 Å². The molecule has 4 aliphatic rings. The third-order valence-corrected chi connectivity index (χ3v) is 12.4. The number of ether oxygens (including phenoxy) is 1. The zero-order chi connectivity index (χ0) is 36.5. The van der Waals surface area contributed by atoms with E-state index in [4.69, 9.17) is 4.74 Å². The molecule has 3 saturated heterocycles. The van der Waals surface area contributed by atoms with Gasteiger partial charge in [0.25, 0.3) is 0 Å². The number of piperidine rings is 2. The lowest BCUT2D eigenvalue weighted by atomic mass is 9.86. The van der Waals surface area contributed by atoms with Crippen LogP contribution in [0.1, 0.15) is 75.3 Å². The van der Waals surface area contributed by atoms with Crippen LogP contribution in [0, 0.1) is 11.8 Å². The van der Waals surface area contributed by atoms with Crippen molar-refractivity contribution in [2.75, 3.05) is 19.4 Å². The fourth-order valence-electron chi connectivity index (χ4n) is 8.21. The molecule has 2 aromatic rings. The first kappa shape index (κ1) is 37.6. The Labute approximate surface area is 311 Å². The van der Waals surface area contributed by atoms with Crippen LogP contribution in [0.4, 0.5) is 0 Å². The Bertz CT molecular complexity index is 1590. The molecule has 0 saturated carbocycles. The lowest BCUT2D eigenvalue weighted by Gasteiger charge is -2.40. The number of carbonyl (C=O) groups is 5. The Balaban J connectivity index is 1.19. The molecule has 0 aromatic heterocycles. The zero-order valence-corrected chi connectivity index (χ0v) is 30.9. The molecule has 0 spiro atoms. The molecular formula is C41H52N4O6S. The van der Waals surface area contributed by atoms with Crippen molar-refractivity contribution in [3.63, 3.8) is 0 Å². The lowest BCUT2D eigenvalue weighted by Crippen LogP contribution is -2.57. The molecule has 2 N–H and O–H groups in total. The minimum atomic E-state index is -0.759. The number of amides is 4. The summed E-state index contributed by atoms with van der Waals surface area (Å²) >= 11 is 1.66. The number of esters is 1. The molecule has 4 aliphatic heterocycles. The number of carbonyl (C=O) groups excluding carboxylic acids is 5. The SMILES string of the molecule is COC(=O)C1CCCC2SCCC(NC(=O)C(CCC(Cc3ccccc3)C(=O)NC3CC=CC4CCCCN4C3=O)Cc3ccccc3)C(=O)N21. The van der Waals surface area contributed by atoms with Gasteiger partial charge >= 0.3 is 5.97 Å². The molecule has 278 valence electrons. The van der Waals surface area contributed by atoms with Crippen molar-refractivity contribution >= 4 is 41.4 Å². The maximum Gasteiger partial charge on any atom is 0.328 e. The Morgan fingerprint density at radius 2 is 1.42 bits per heavy atom. The van der Waals surface area contributed by atoms with Crippen LogP contribution >= 0.6 is 11.8 Å². The highest BCUT2D eigenvalue weighted by atomic mass is 32.2. The van der Waals surface area contributed by atoms with Gasteiger partial charge in [0.1, 0.15) is 18.1 Å². The van der Waals surface area contributed by atoms with Crippen LogP contribution in [0.5, 0.6) is 0 Å². The van der Waals surface area contributed by atoms with E-state index in [0.717, 1.165) is 43.2 Å². The van der Waals surface area contributed by atoms with Crippen molar-refractivity contribution in [3.05, 3.63) is 83.9 Å². The number of thioether (sulfide) groups is 1. The number of hydrogen-bond donors (Lipinski definition) is 2. The van der Waals surface area contributed by atoms with Crippen LogP contribution in [0.15, 0.2) is 72.8 Å². The fraction of sp³-hybridized carbons (Fsp3) is 0.537. The van der Waals surface area contributed by atoms with Crippen molar-refractivity contribution in [3.8, 4) is 0 Å². The Morgan fingerprint density at radius 1 is 0.788 bits per heavy atom. The molecule has 4 amide bonds. The van der Waals surface area contributed by atoms with Gasteiger partial charge in [-0.3, -0.25) is 19.2 Å². The first-order valence-electron chi connectivity index (χ1n) is 19.0. The molecule has 11 heteroatoms. The highest BCUT2D eigenvalue weighted by Gasteiger charge is 2.44. The van der Waals surface area contributed by atoms with Crippen LogP contribution in [0.2, 0.25) is 0 Å². The largest absolute Gasteiger partial charge is 0.467 e. The van der Waals surface area contributed by atoms with E-state index >= 15 is 0 Å². The third kappa shape index (κ3) is 9.26. The summed E-state index contributed by atoms with van der Waals surface area (Å²) in [4.78, 5) is 72.3. The molecule has 7 unspecified atom stereocenters. The van der Waals surface area contributed by atoms with Gasteiger partial charge in [-0.15, -0.1) is 11.8 Å². The van der Waals surface area contributed by atoms with E-state index in [1.165, 1.54) is 7.11 Å². The maximum atomic E-state index is 14.2. The number of fused-ring (bicyclic) bond motifs is 2. The van der Waals surface area contributed by atoms with Gasteiger partial charge in [-0.05, 0) is 93.9 Å². The van der Waals surface area contributed by atoms with Crippen LogP contribution in [0.3, 0.4) is 0 Å². The summed E-state index contributed by atoms with van der Waals surface area (Å²) in [7, 11) is 1.34. The number of methoxy groups -OCH3 is 1. The van der Waals surface area contributed by atoms with E-state index in [-0.39, 0.29) is 35.0 Å². The van der Waals surface area contributed by atoms with Gasteiger partial charge in [0, 0.05) is 18.4 Å². The molecule has 2 aromatic carbocycles. The van der Waals surface area contributed by atoms with Crippen molar-refractivity contribution in [1.29, 1.82) is 0 Å². The molecule has 10 nitrogen and oxygen atoms in total. The van der Waals surface area contributed by atoms with Crippen LogP contribution in [-0.4, -0.2) is 88.3 Å². The molecule has 4 heterocycles. The predicted molar refractivity (Wildman–Crippen MR) is 201 cm³/mol. The van der Waals surface area contributed by atoms with Crippen molar-refractivity contribution in [2.45, 2.75) is 107 Å². The Kier molecular flexibility index (Phi) is 13.1. The first-order valence-corrected chi connectivity index (χ1v) is 20.0. The summed E-state index contributed by atoms with van der Waals surface area (Å²) in [5.41, 5.74) is 2.00. The van der Waals surface area contributed by atoms with Crippen LogP contribution < -0.4 is 10.6 Å². The summed E-state index contributed by atoms with van der Waals surface area (Å²) < 4.78 is 5.06. The standard InChI is InChI=1S/C41H52N4O6S/c1-51-41(50)35-19-11-20-36-45(35)40(49)34(23-25-52-36)43-38(47)31(27-29-14-6-3-7-15-29)22-21-30(26-28-12-4-2-5-13-28)37(46)42-33-18-10-17-32-16-8-9-24-44(32)39(33)48/h2-7,10,12-15,17,30-36H,8-9,11,16,18-27H2,1H3,(H,42,46)(H,43,47). The predicted octanol–water partition coefficient (Wildman–Crippen LogP) is 4.81. The van der Waals surface area contributed by atoms with Gasteiger partial charge in [0.15, 0.2) is 0 Å². The molecule has 52 heavy (non-hydrogen) atoms. The fourth-order valence-corrected chi connectivity index (χ4v) is 9.59. The summed E-state index contributed by atoms with van der Waals surface area (Å²) in [6.07, 6.45) is 12.0. The van der Waals surface area contributed by atoms with E-state index in [1.54, 1.807) is 16.7 Å². The average Bonchev–Trinajstić information content (AvgIpc) is 3.43. The molecule has 7 atom stereocenters. The van der Waals surface area contributed by atoms with Crippen LogP contribution in [0.25, 0.3) is 0 Å². The molecule has 6 rings (SSSR count). The normalized spacial score (nSPS) is 25.8. The number of benzene rings is 2. The monoisotopic (exact) mass is 728 g/mol. The highest BCUT2D eigenvalue weighted by Crippen LogP contribution is 2.35. The smallest absolute Gasteiger partial charge is 0.328 e. The number of hydrogen-bond acceptors (Lipinski definition) is 7. The minimum absolute atomic E-state index is 0.0283. The second-order valence-corrected chi connectivity index (χ2v) is 15.8. The van der Waals surface area contributed by atoms with E-state index < -0.39 is 35.9 Å². The Morgan fingerprint density at radius 3 is 2.06 bits per heavy atom. The van der Waals surface area contributed by atoms with Crippen LogP contribution in [-0.2, 0) is 41.6 Å². The highest BCUT2D eigenvalue weighted by molar-refractivity contribution is 7.99. The number of rotatable bonds is 12. The van der Waals surface area contributed by atoms with E-state index in [0.29, 0.717) is 57.2 Å². The molecular weight excluding hydrogens is 677 g/mol. The zero-order valence-electron chi connectivity index (χ0n) is 30.1. The molecule has 3 fully saturated rings. The summed E-state index contributed by atoms with van der Waals surface area (Å²) in [5.74, 6) is -1.42. The lowest BCUT2D eigenvalue weighted by molar-refractivity contribution is -0.156. The maximum absolute atomic E-state index is 14.2. The number of nitrogens with zero attached hydrogens (tertiary/aromatic N) is 2. The molecule has 0 aliphatic carbocycles. The summed E-state index contributed by atoms with van der Waals surface area (Å²) in [5, 5.41) is 6.08. The third-order valence-electron chi connectivity index (χ3n) is 11.1. The average molecular weight is 729 g/mol. The van der Waals surface area contributed by atoms with Gasteiger partial charge < -0.3 is 25.2 Å². The quantitative estimate of drug-likeness (QED) is 0.238. The van der Waals surface area contributed by atoms with Gasteiger partial charge in [0.05, 0.1) is 18.5 Å².